The highest BCUT2D eigenvalue weighted by molar-refractivity contribution is 14.0. The summed E-state index contributed by atoms with van der Waals surface area (Å²) in [5.41, 5.74) is 0.810. The molecule has 1 aliphatic carbocycles. The molecule has 1 aromatic heterocycles. The van der Waals surface area contributed by atoms with Crippen molar-refractivity contribution >= 4 is 46.3 Å². The van der Waals surface area contributed by atoms with Gasteiger partial charge in [-0.2, -0.15) is 0 Å². The zero-order valence-corrected chi connectivity index (χ0v) is 18.5. The predicted molar refractivity (Wildman–Crippen MR) is 122 cm³/mol. The van der Waals surface area contributed by atoms with E-state index in [2.05, 4.69) is 38.0 Å². The number of rotatable bonds is 4. The first-order valence-corrected chi connectivity index (χ1v) is 10.2. The highest BCUT2D eigenvalue weighted by atomic mass is 127. The van der Waals surface area contributed by atoms with Crippen LogP contribution in [-0.2, 0) is 0 Å². The number of hydrogen-bond acceptors (Lipinski definition) is 3. The number of benzene rings is 1. The summed E-state index contributed by atoms with van der Waals surface area (Å²) in [6.07, 6.45) is 3.15. The van der Waals surface area contributed by atoms with Crippen LogP contribution in [0.5, 0.6) is 0 Å². The molecule has 2 heterocycles. The van der Waals surface area contributed by atoms with Crippen LogP contribution in [0.3, 0.4) is 0 Å². The smallest absolute Gasteiger partial charge is 0.191 e. The third-order valence-corrected chi connectivity index (χ3v) is 6.22. The first-order chi connectivity index (χ1) is 12.7. The second-order valence-electron chi connectivity index (χ2n) is 7.04. The Bertz CT molecular complexity index is 759. The van der Waals surface area contributed by atoms with Gasteiger partial charge in [0, 0.05) is 38.1 Å². The second kappa shape index (κ2) is 9.23. The van der Waals surface area contributed by atoms with Gasteiger partial charge >= 0.3 is 0 Å². The molecule has 27 heavy (non-hydrogen) atoms. The Kier molecular flexibility index (Phi) is 6.97. The molecule has 0 bridgehead atoms. The molecule has 4 rings (SSSR count). The van der Waals surface area contributed by atoms with E-state index in [9.17, 15) is 4.39 Å². The molecule has 0 radical (unpaired) electrons. The largest absolute Gasteiger partial charge is 0.363 e. The van der Waals surface area contributed by atoms with Crippen molar-refractivity contribution in [1.82, 2.24) is 10.6 Å². The van der Waals surface area contributed by atoms with Gasteiger partial charge in [0.05, 0.1) is 5.00 Å². The van der Waals surface area contributed by atoms with Crippen LogP contribution in [0.1, 0.15) is 30.7 Å². The van der Waals surface area contributed by atoms with Crippen molar-refractivity contribution in [2.75, 3.05) is 25.0 Å². The summed E-state index contributed by atoms with van der Waals surface area (Å²) in [6.45, 7) is 2.13. The minimum Gasteiger partial charge on any atom is -0.363 e. The van der Waals surface area contributed by atoms with Crippen LogP contribution in [0.25, 0.3) is 0 Å². The van der Waals surface area contributed by atoms with Crippen LogP contribution in [0.15, 0.2) is 46.8 Å². The Morgan fingerprint density at radius 1 is 1.15 bits per heavy atom. The van der Waals surface area contributed by atoms with Gasteiger partial charge in [-0.3, -0.25) is 4.99 Å². The van der Waals surface area contributed by atoms with E-state index < -0.39 is 0 Å². The van der Waals surface area contributed by atoms with Crippen LogP contribution >= 0.6 is 35.3 Å². The van der Waals surface area contributed by atoms with E-state index in [0.29, 0.717) is 6.04 Å². The van der Waals surface area contributed by atoms with E-state index in [-0.39, 0.29) is 41.8 Å². The maximum absolute atomic E-state index is 13.9. The fraction of sp³-hybridized carbons (Fsp3) is 0.450. The molecule has 0 spiro atoms. The fourth-order valence-corrected chi connectivity index (χ4v) is 4.49. The summed E-state index contributed by atoms with van der Waals surface area (Å²) in [6, 6.07) is 12.1. The summed E-state index contributed by atoms with van der Waals surface area (Å²) in [7, 11) is 1.80. The zero-order valence-electron chi connectivity index (χ0n) is 15.4. The number of aliphatic imine (C=N–C) groups is 1. The van der Waals surface area contributed by atoms with Crippen molar-refractivity contribution in [2.24, 2.45) is 4.99 Å². The van der Waals surface area contributed by atoms with Gasteiger partial charge in [0.25, 0.3) is 0 Å². The van der Waals surface area contributed by atoms with Gasteiger partial charge < -0.3 is 15.5 Å². The first kappa shape index (κ1) is 20.4. The standard InChI is InChI=1S/C20H25FN4S.HI/c1-22-20(24-18-13-16(18)15-5-2-3-6-17(15)21)23-14-8-10-25(11-9-14)19-7-4-12-26-19;/h2-7,12,14,16,18H,8-11,13H2,1H3,(H2,22,23,24);1H. The maximum atomic E-state index is 13.9. The van der Waals surface area contributed by atoms with E-state index in [1.165, 1.54) is 5.00 Å². The van der Waals surface area contributed by atoms with Crippen LogP contribution < -0.4 is 15.5 Å². The van der Waals surface area contributed by atoms with Gasteiger partial charge in [-0.15, -0.1) is 35.3 Å². The van der Waals surface area contributed by atoms with E-state index in [0.717, 1.165) is 43.9 Å². The minimum absolute atomic E-state index is 0. The molecule has 1 aliphatic heterocycles. The third kappa shape index (κ3) is 4.93. The SMILES string of the molecule is CN=C(NC1CCN(c2cccs2)CC1)NC1CC1c1ccccc1F.I. The van der Waals surface area contributed by atoms with Crippen molar-refractivity contribution in [3.05, 3.63) is 53.2 Å². The minimum atomic E-state index is -0.106. The molecule has 4 nitrogen and oxygen atoms in total. The van der Waals surface area contributed by atoms with Crippen LogP contribution in [0.2, 0.25) is 0 Å². The van der Waals surface area contributed by atoms with Gasteiger partial charge in [-0.25, -0.2) is 4.39 Å². The number of guanidine groups is 1. The van der Waals surface area contributed by atoms with Crippen molar-refractivity contribution in [1.29, 1.82) is 0 Å². The molecular weight excluding hydrogens is 474 g/mol. The van der Waals surface area contributed by atoms with Gasteiger partial charge in [-0.1, -0.05) is 18.2 Å². The number of thiophene rings is 1. The number of piperidine rings is 1. The highest BCUT2D eigenvalue weighted by Gasteiger charge is 2.40. The lowest BCUT2D eigenvalue weighted by atomic mass is 10.1. The first-order valence-electron chi connectivity index (χ1n) is 9.27. The monoisotopic (exact) mass is 500 g/mol. The summed E-state index contributed by atoms with van der Waals surface area (Å²) in [4.78, 5) is 6.82. The molecule has 1 saturated heterocycles. The summed E-state index contributed by atoms with van der Waals surface area (Å²) in [5, 5.41) is 10.5. The molecule has 7 heteroatoms. The van der Waals surface area contributed by atoms with Crippen LogP contribution in [0.4, 0.5) is 9.39 Å². The fourth-order valence-electron chi connectivity index (χ4n) is 3.71. The highest BCUT2D eigenvalue weighted by Crippen LogP contribution is 2.41. The Morgan fingerprint density at radius 2 is 1.93 bits per heavy atom. The molecule has 2 unspecified atom stereocenters. The van der Waals surface area contributed by atoms with Gasteiger partial charge in [0.15, 0.2) is 5.96 Å². The molecule has 1 saturated carbocycles. The van der Waals surface area contributed by atoms with Gasteiger partial charge in [-0.05, 0) is 48.4 Å². The van der Waals surface area contributed by atoms with Crippen LogP contribution in [-0.4, -0.2) is 38.2 Å². The summed E-state index contributed by atoms with van der Waals surface area (Å²) < 4.78 is 13.9. The molecule has 0 amide bonds. The van der Waals surface area contributed by atoms with Crippen molar-refractivity contribution in [3.8, 4) is 0 Å². The van der Waals surface area contributed by atoms with Gasteiger partial charge in [0.1, 0.15) is 5.82 Å². The lowest BCUT2D eigenvalue weighted by Gasteiger charge is -2.33. The van der Waals surface area contributed by atoms with E-state index in [1.54, 1.807) is 30.5 Å². The van der Waals surface area contributed by atoms with E-state index in [4.69, 9.17) is 0 Å². The molecule has 2 atom stereocenters. The third-order valence-electron chi connectivity index (χ3n) is 5.29. The quantitative estimate of drug-likeness (QED) is 0.376. The maximum Gasteiger partial charge on any atom is 0.191 e. The molecule has 2 N–H and O–H groups in total. The Labute approximate surface area is 181 Å². The van der Waals surface area contributed by atoms with E-state index in [1.807, 2.05) is 12.1 Å². The Morgan fingerprint density at radius 3 is 2.59 bits per heavy atom. The molecule has 2 aliphatic rings. The zero-order chi connectivity index (χ0) is 17.9. The average molecular weight is 500 g/mol. The second-order valence-corrected chi connectivity index (χ2v) is 7.97. The molecule has 2 fully saturated rings. The van der Waals surface area contributed by atoms with Gasteiger partial charge in [0.2, 0.25) is 0 Å². The van der Waals surface area contributed by atoms with Crippen molar-refractivity contribution < 1.29 is 4.39 Å². The lowest BCUT2D eigenvalue weighted by molar-refractivity contribution is 0.462. The molecule has 146 valence electrons. The lowest BCUT2D eigenvalue weighted by Crippen LogP contribution is -2.49. The Balaban J connectivity index is 0.00000210. The number of anilines is 1. The summed E-state index contributed by atoms with van der Waals surface area (Å²) >= 11 is 1.80. The van der Waals surface area contributed by atoms with Crippen LogP contribution in [0, 0.1) is 5.82 Å². The molecule has 1 aromatic carbocycles. The summed E-state index contributed by atoms with van der Waals surface area (Å²) in [5.74, 6) is 0.976. The number of halogens is 2. The Hall–Kier alpha value is -1.35. The molecule has 2 aromatic rings. The predicted octanol–water partition coefficient (Wildman–Crippen LogP) is 4.20. The van der Waals surface area contributed by atoms with Crippen molar-refractivity contribution in [2.45, 2.75) is 37.3 Å². The number of nitrogens with zero attached hydrogens (tertiary/aromatic N) is 2. The topological polar surface area (TPSA) is 39.7 Å². The number of hydrogen-bond donors (Lipinski definition) is 2. The normalized spacial score (nSPS) is 22.9. The van der Waals surface area contributed by atoms with Crippen molar-refractivity contribution in [3.63, 3.8) is 0 Å². The molecular formula is C20H26FIN4S. The number of nitrogens with one attached hydrogen (secondary N) is 2. The average Bonchev–Trinajstić information content (AvgIpc) is 3.20. The van der Waals surface area contributed by atoms with E-state index >= 15 is 0 Å².